The number of halogens is 1. The van der Waals surface area contributed by atoms with Crippen molar-refractivity contribution in [2.24, 2.45) is 0 Å². The fourth-order valence-electron chi connectivity index (χ4n) is 3.85. The van der Waals surface area contributed by atoms with Crippen molar-refractivity contribution in [3.8, 4) is 6.07 Å². The summed E-state index contributed by atoms with van der Waals surface area (Å²) >= 11 is 6.54. The predicted molar refractivity (Wildman–Crippen MR) is 120 cm³/mol. The van der Waals surface area contributed by atoms with Gasteiger partial charge in [0.05, 0.1) is 0 Å². The number of benzene rings is 2. The highest BCUT2D eigenvalue weighted by Gasteiger charge is 2.34. The number of carbonyl (C=O) groups excluding carboxylic acids is 1. The summed E-state index contributed by atoms with van der Waals surface area (Å²) in [4.78, 5) is 14.8. The molecule has 1 N–H and O–H groups in total. The van der Waals surface area contributed by atoms with Crippen molar-refractivity contribution in [2.45, 2.75) is 45.6 Å². The Morgan fingerprint density at radius 2 is 1.97 bits per heavy atom. The van der Waals surface area contributed by atoms with Gasteiger partial charge in [-0.05, 0) is 74.6 Å². The number of aryl methyl sites for hydroxylation is 1. The number of nitriles is 1. The minimum absolute atomic E-state index is 0.0181. The molecule has 0 unspecified atom stereocenters. The van der Waals surface area contributed by atoms with Crippen LogP contribution in [0, 0.1) is 18.3 Å². The van der Waals surface area contributed by atoms with E-state index in [4.69, 9.17) is 11.6 Å². The third kappa shape index (κ3) is 4.31. The van der Waals surface area contributed by atoms with E-state index >= 15 is 0 Å². The number of nitrogens with one attached hydrogen (secondary N) is 1. The third-order valence-electron chi connectivity index (χ3n) is 5.73. The van der Waals surface area contributed by atoms with Crippen molar-refractivity contribution >= 4 is 35.0 Å². The van der Waals surface area contributed by atoms with Crippen LogP contribution in [0.1, 0.15) is 49.8 Å². The minimum atomic E-state index is -0.448. The first-order chi connectivity index (χ1) is 13.6. The standard InChI is InChI=1S/C24H26ClN3O/c1-15-6-8-19(9-7-15)27-23(29)18(14-26)10-17-11-20-16(2)13-24(3,4)28(5)22(20)12-21(17)25/h6-12,16H,13H2,1-5H3,(H,27,29)/b18-10-/t16-/m1/s1. The summed E-state index contributed by atoms with van der Waals surface area (Å²) < 4.78 is 0. The third-order valence-corrected chi connectivity index (χ3v) is 6.05. The quantitative estimate of drug-likeness (QED) is 0.507. The van der Waals surface area contributed by atoms with Crippen LogP contribution in [0.25, 0.3) is 6.08 Å². The number of rotatable bonds is 3. The smallest absolute Gasteiger partial charge is 0.266 e. The Morgan fingerprint density at radius 3 is 2.59 bits per heavy atom. The number of amides is 1. The van der Waals surface area contributed by atoms with E-state index in [0.29, 0.717) is 22.2 Å². The molecule has 0 bridgehead atoms. The topological polar surface area (TPSA) is 56.1 Å². The molecule has 0 saturated carbocycles. The van der Waals surface area contributed by atoms with E-state index in [1.54, 1.807) is 6.08 Å². The molecule has 0 aromatic heterocycles. The molecule has 0 fully saturated rings. The highest BCUT2D eigenvalue weighted by molar-refractivity contribution is 6.32. The van der Waals surface area contributed by atoms with Crippen molar-refractivity contribution in [3.05, 3.63) is 63.7 Å². The number of anilines is 2. The van der Waals surface area contributed by atoms with Gasteiger partial charge in [0.15, 0.2) is 0 Å². The lowest BCUT2D eigenvalue weighted by Gasteiger charge is -2.45. The predicted octanol–water partition coefficient (Wildman–Crippen LogP) is 5.92. The van der Waals surface area contributed by atoms with Gasteiger partial charge in [-0.25, -0.2) is 0 Å². The molecule has 1 amide bonds. The summed E-state index contributed by atoms with van der Waals surface area (Å²) in [7, 11) is 2.08. The van der Waals surface area contributed by atoms with Crippen molar-refractivity contribution in [3.63, 3.8) is 0 Å². The molecule has 1 heterocycles. The van der Waals surface area contributed by atoms with Crippen molar-refractivity contribution in [2.75, 3.05) is 17.3 Å². The molecule has 0 aliphatic carbocycles. The SMILES string of the molecule is Cc1ccc(NC(=O)/C(C#N)=C\c2cc3c(cc2Cl)N(C)C(C)(C)C[C@H]3C)cc1. The van der Waals surface area contributed by atoms with Crippen molar-refractivity contribution < 1.29 is 4.79 Å². The molecule has 0 saturated heterocycles. The molecule has 0 spiro atoms. The maximum atomic E-state index is 12.6. The Morgan fingerprint density at radius 1 is 1.31 bits per heavy atom. The Bertz CT molecular complexity index is 1020. The van der Waals surface area contributed by atoms with Crippen molar-refractivity contribution in [1.29, 1.82) is 5.26 Å². The summed E-state index contributed by atoms with van der Waals surface area (Å²) in [6.45, 7) is 8.61. The zero-order valence-electron chi connectivity index (χ0n) is 17.5. The molecule has 2 aromatic carbocycles. The lowest BCUT2D eigenvalue weighted by Crippen LogP contribution is -2.45. The van der Waals surface area contributed by atoms with Gasteiger partial charge in [-0.2, -0.15) is 5.26 Å². The number of hydrogen-bond acceptors (Lipinski definition) is 3. The average molecular weight is 408 g/mol. The molecular formula is C24H26ClN3O. The van der Waals surface area contributed by atoms with Gasteiger partial charge in [0.25, 0.3) is 5.91 Å². The summed E-state index contributed by atoms with van der Waals surface area (Å²) in [6.07, 6.45) is 2.58. The van der Waals surface area contributed by atoms with Crippen LogP contribution < -0.4 is 10.2 Å². The molecule has 5 heteroatoms. The Balaban J connectivity index is 1.94. The molecule has 1 aliphatic rings. The first-order valence-corrected chi connectivity index (χ1v) is 10.1. The van der Waals surface area contributed by atoms with Crippen LogP contribution in [0.5, 0.6) is 0 Å². The minimum Gasteiger partial charge on any atom is -0.369 e. The van der Waals surface area contributed by atoms with Crippen LogP contribution in [0.2, 0.25) is 5.02 Å². The molecule has 29 heavy (non-hydrogen) atoms. The van der Waals surface area contributed by atoms with E-state index in [1.807, 2.05) is 49.4 Å². The summed E-state index contributed by atoms with van der Waals surface area (Å²) in [6, 6.07) is 13.4. The molecule has 2 aromatic rings. The molecule has 1 aliphatic heterocycles. The second kappa shape index (κ2) is 7.93. The van der Waals surface area contributed by atoms with Gasteiger partial charge in [-0.1, -0.05) is 36.2 Å². The van der Waals surface area contributed by atoms with Gasteiger partial charge in [0.2, 0.25) is 0 Å². The lowest BCUT2D eigenvalue weighted by molar-refractivity contribution is -0.112. The van der Waals surface area contributed by atoms with Crippen LogP contribution in [0.3, 0.4) is 0 Å². The van der Waals surface area contributed by atoms with Gasteiger partial charge < -0.3 is 10.2 Å². The molecule has 4 nitrogen and oxygen atoms in total. The normalized spacial score (nSPS) is 18.0. The fourth-order valence-corrected chi connectivity index (χ4v) is 4.07. The maximum absolute atomic E-state index is 12.6. The van der Waals surface area contributed by atoms with Crippen LogP contribution in [-0.2, 0) is 4.79 Å². The number of hydrogen-bond donors (Lipinski definition) is 1. The Labute approximate surface area is 177 Å². The molecule has 150 valence electrons. The fraction of sp³-hybridized carbons (Fsp3) is 0.333. The van der Waals surface area contributed by atoms with Crippen LogP contribution in [0.15, 0.2) is 42.0 Å². The van der Waals surface area contributed by atoms with Gasteiger partial charge in [-0.15, -0.1) is 0 Å². The molecule has 3 rings (SSSR count). The van der Waals surface area contributed by atoms with E-state index in [1.165, 1.54) is 5.56 Å². The zero-order chi connectivity index (χ0) is 21.3. The van der Waals surface area contributed by atoms with Gasteiger partial charge in [-0.3, -0.25) is 4.79 Å². The molecule has 0 radical (unpaired) electrons. The van der Waals surface area contributed by atoms with Crippen LogP contribution in [0.4, 0.5) is 11.4 Å². The number of fused-ring (bicyclic) bond motifs is 1. The highest BCUT2D eigenvalue weighted by atomic mass is 35.5. The highest BCUT2D eigenvalue weighted by Crippen LogP contribution is 2.44. The van der Waals surface area contributed by atoms with E-state index < -0.39 is 5.91 Å². The monoisotopic (exact) mass is 407 g/mol. The Kier molecular flexibility index (Phi) is 5.73. The first kappa shape index (κ1) is 21.0. The first-order valence-electron chi connectivity index (χ1n) is 9.69. The largest absolute Gasteiger partial charge is 0.369 e. The summed E-state index contributed by atoms with van der Waals surface area (Å²) in [5, 5.41) is 12.8. The van der Waals surface area contributed by atoms with E-state index in [0.717, 1.165) is 17.7 Å². The van der Waals surface area contributed by atoms with Crippen LogP contribution in [-0.4, -0.2) is 18.5 Å². The lowest BCUT2D eigenvalue weighted by atomic mass is 9.80. The van der Waals surface area contributed by atoms with Crippen molar-refractivity contribution in [1.82, 2.24) is 0 Å². The summed E-state index contributed by atoms with van der Waals surface area (Å²) in [5.41, 5.74) is 4.76. The van der Waals surface area contributed by atoms with E-state index in [9.17, 15) is 10.1 Å². The Hall–Kier alpha value is -2.77. The van der Waals surface area contributed by atoms with Gasteiger partial charge in [0, 0.05) is 29.0 Å². The van der Waals surface area contributed by atoms with Crippen LogP contribution >= 0.6 is 11.6 Å². The van der Waals surface area contributed by atoms with E-state index in [2.05, 4.69) is 38.0 Å². The maximum Gasteiger partial charge on any atom is 0.266 e. The number of carbonyl (C=O) groups is 1. The average Bonchev–Trinajstić information content (AvgIpc) is 2.66. The number of nitrogens with zero attached hydrogens (tertiary/aromatic N) is 2. The molecular weight excluding hydrogens is 382 g/mol. The molecule has 1 atom stereocenters. The summed E-state index contributed by atoms with van der Waals surface area (Å²) in [5.74, 6) is -0.0935. The zero-order valence-corrected chi connectivity index (χ0v) is 18.3. The van der Waals surface area contributed by atoms with Gasteiger partial charge >= 0.3 is 0 Å². The van der Waals surface area contributed by atoms with Gasteiger partial charge in [0.1, 0.15) is 11.6 Å². The second-order valence-electron chi connectivity index (χ2n) is 8.40. The van der Waals surface area contributed by atoms with E-state index in [-0.39, 0.29) is 11.1 Å². The second-order valence-corrected chi connectivity index (χ2v) is 8.81.